The zero-order valence-corrected chi connectivity index (χ0v) is 10.6. The molecule has 82 valence electrons. The van der Waals surface area contributed by atoms with E-state index >= 15 is 0 Å². The maximum Gasteiger partial charge on any atom is 0.325 e. The molecule has 0 atom stereocenters. The SMILES string of the molecule is CCO[SiH](CC1=CCCCC1)OCC. The molecule has 2 nitrogen and oxygen atoms in total. The Labute approximate surface area is 89.1 Å². The zero-order valence-electron chi connectivity index (χ0n) is 9.42. The average molecular weight is 214 g/mol. The fourth-order valence-electron chi connectivity index (χ4n) is 1.84. The third kappa shape index (κ3) is 4.40. The lowest BCUT2D eigenvalue weighted by molar-refractivity contribution is 0.215. The summed E-state index contributed by atoms with van der Waals surface area (Å²) in [5.41, 5.74) is 1.58. The van der Waals surface area contributed by atoms with Gasteiger partial charge in [0.05, 0.1) is 0 Å². The molecule has 0 aromatic heterocycles. The van der Waals surface area contributed by atoms with Crippen LogP contribution in [-0.4, -0.2) is 22.5 Å². The van der Waals surface area contributed by atoms with E-state index in [0.717, 1.165) is 19.3 Å². The molecule has 0 fully saturated rings. The van der Waals surface area contributed by atoms with Gasteiger partial charge in [0, 0.05) is 19.3 Å². The molecule has 3 heteroatoms. The summed E-state index contributed by atoms with van der Waals surface area (Å²) in [6, 6.07) is 1.10. The molecule has 0 aromatic rings. The van der Waals surface area contributed by atoms with Gasteiger partial charge in [-0.2, -0.15) is 0 Å². The summed E-state index contributed by atoms with van der Waals surface area (Å²) >= 11 is 0. The minimum absolute atomic E-state index is 0.796. The molecule has 0 aromatic carbocycles. The van der Waals surface area contributed by atoms with Crippen LogP contribution in [0.5, 0.6) is 0 Å². The normalized spacial score (nSPS) is 17.2. The minimum atomic E-state index is -1.38. The van der Waals surface area contributed by atoms with Crippen LogP contribution in [-0.2, 0) is 8.85 Å². The van der Waals surface area contributed by atoms with Crippen molar-refractivity contribution >= 4 is 9.28 Å². The van der Waals surface area contributed by atoms with Gasteiger partial charge in [-0.1, -0.05) is 11.6 Å². The molecule has 0 aliphatic heterocycles. The molecule has 0 bridgehead atoms. The van der Waals surface area contributed by atoms with Crippen molar-refractivity contribution in [3.8, 4) is 0 Å². The van der Waals surface area contributed by atoms with E-state index in [1.54, 1.807) is 5.57 Å². The second kappa shape index (κ2) is 7.21. The van der Waals surface area contributed by atoms with E-state index in [2.05, 4.69) is 6.08 Å². The molecule has 1 aliphatic rings. The smallest absolute Gasteiger partial charge is 0.325 e. The van der Waals surface area contributed by atoms with E-state index < -0.39 is 9.28 Å². The number of hydrogen-bond acceptors (Lipinski definition) is 2. The minimum Gasteiger partial charge on any atom is -0.397 e. The first-order chi connectivity index (χ1) is 6.86. The summed E-state index contributed by atoms with van der Waals surface area (Å²) in [7, 11) is -1.38. The molecule has 0 radical (unpaired) electrons. The Balaban J connectivity index is 2.32. The Morgan fingerprint density at radius 3 is 2.43 bits per heavy atom. The summed E-state index contributed by atoms with van der Waals surface area (Å²) in [6.07, 6.45) is 7.63. The van der Waals surface area contributed by atoms with Crippen LogP contribution in [0.2, 0.25) is 6.04 Å². The molecule has 0 saturated heterocycles. The largest absolute Gasteiger partial charge is 0.397 e. The first kappa shape index (κ1) is 11.9. The van der Waals surface area contributed by atoms with E-state index in [9.17, 15) is 0 Å². The fraction of sp³-hybridized carbons (Fsp3) is 0.818. The van der Waals surface area contributed by atoms with Gasteiger partial charge in [0.25, 0.3) is 0 Å². The lowest BCUT2D eigenvalue weighted by atomic mass is 10.0. The zero-order chi connectivity index (χ0) is 10.2. The van der Waals surface area contributed by atoms with Gasteiger partial charge < -0.3 is 8.85 Å². The van der Waals surface area contributed by atoms with Crippen LogP contribution >= 0.6 is 0 Å². The van der Waals surface area contributed by atoms with Gasteiger partial charge in [0.2, 0.25) is 0 Å². The Hall–Kier alpha value is -0.123. The molecular formula is C11H22O2Si. The molecule has 0 heterocycles. The second-order valence-electron chi connectivity index (χ2n) is 3.65. The first-order valence-corrected chi connectivity index (χ1v) is 7.53. The van der Waals surface area contributed by atoms with Crippen molar-refractivity contribution in [3.05, 3.63) is 11.6 Å². The van der Waals surface area contributed by atoms with Crippen molar-refractivity contribution in [1.29, 1.82) is 0 Å². The molecule has 0 N–H and O–H groups in total. The molecule has 14 heavy (non-hydrogen) atoms. The van der Waals surface area contributed by atoms with Gasteiger partial charge >= 0.3 is 9.28 Å². The summed E-state index contributed by atoms with van der Waals surface area (Å²) < 4.78 is 11.3. The quantitative estimate of drug-likeness (QED) is 0.500. The van der Waals surface area contributed by atoms with Crippen LogP contribution in [0, 0.1) is 0 Å². The van der Waals surface area contributed by atoms with Crippen LogP contribution in [0.15, 0.2) is 11.6 Å². The summed E-state index contributed by atoms with van der Waals surface area (Å²) in [5, 5.41) is 0. The Bertz CT molecular complexity index is 174. The van der Waals surface area contributed by atoms with Gasteiger partial charge in [-0.15, -0.1) is 0 Å². The highest BCUT2D eigenvalue weighted by Gasteiger charge is 2.15. The lowest BCUT2D eigenvalue weighted by Gasteiger charge is -2.18. The average Bonchev–Trinajstić information content (AvgIpc) is 2.20. The van der Waals surface area contributed by atoms with Crippen molar-refractivity contribution in [2.75, 3.05) is 13.2 Å². The highest BCUT2D eigenvalue weighted by atomic mass is 28.3. The molecule has 0 saturated carbocycles. The predicted molar refractivity (Wildman–Crippen MR) is 61.8 cm³/mol. The molecule has 0 unspecified atom stereocenters. The third-order valence-electron chi connectivity index (χ3n) is 2.52. The van der Waals surface area contributed by atoms with Crippen molar-refractivity contribution in [1.82, 2.24) is 0 Å². The first-order valence-electron chi connectivity index (χ1n) is 5.78. The molecule has 1 rings (SSSR count). The van der Waals surface area contributed by atoms with Gasteiger partial charge in [0.1, 0.15) is 0 Å². The summed E-state index contributed by atoms with van der Waals surface area (Å²) in [6.45, 7) is 5.69. The molecular weight excluding hydrogens is 192 g/mol. The Morgan fingerprint density at radius 2 is 1.93 bits per heavy atom. The van der Waals surface area contributed by atoms with E-state index in [0.29, 0.717) is 0 Å². The van der Waals surface area contributed by atoms with Crippen molar-refractivity contribution in [2.45, 2.75) is 45.6 Å². The molecule has 1 aliphatic carbocycles. The Kier molecular flexibility index (Phi) is 6.15. The molecule has 0 amide bonds. The van der Waals surface area contributed by atoms with Gasteiger partial charge in [0.15, 0.2) is 0 Å². The highest BCUT2D eigenvalue weighted by molar-refractivity contribution is 6.45. The van der Waals surface area contributed by atoms with Crippen LogP contribution in [0.3, 0.4) is 0 Å². The standard InChI is InChI=1S/C11H22O2Si/c1-3-12-14(13-4-2)10-11-8-6-5-7-9-11/h8,14H,3-7,9-10H2,1-2H3. The third-order valence-corrected chi connectivity index (χ3v) is 4.79. The van der Waals surface area contributed by atoms with Crippen LogP contribution in [0.25, 0.3) is 0 Å². The molecule has 0 spiro atoms. The van der Waals surface area contributed by atoms with Crippen molar-refractivity contribution in [2.24, 2.45) is 0 Å². The maximum atomic E-state index is 5.66. The summed E-state index contributed by atoms with van der Waals surface area (Å²) in [4.78, 5) is 0. The van der Waals surface area contributed by atoms with Crippen LogP contribution in [0.1, 0.15) is 39.5 Å². The van der Waals surface area contributed by atoms with Gasteiger partial charge in [-0.05, 0) is 39.5 Å². The van der Waals surface area contributed by atoms with E-state index in [1.165, 1.54) is 25.7 Å². The Morgan fingerprint density at radius 1 is 1.21 bits per heavy atom. The maximum absolute atomic E-state index is 5.66. The van der Waals surface area contributed by atoms with E-state index in [1.807, 2.05) is 13.8 Å². The van der Waals surface area contributed by atoms with Gasteiger partial charge in [-0.25, -0.2) is 0 Å². The van der Waals surface area contributed by atoms with Crippen LogP contribution < -0.4 is 0 Å². The number of rotatable bonds is 6. The summed E-state index contributed by atoms with van der Waals surface area (Å²) in [5.74, 6) is 0. The second-order valence-corrected chi connectivity index (χ2v) is 5.59. The van der Waals surface area contributed by atoms with Crippen LogP contribution in [0.4, 0.5) is 0 Å². The fourth-order valence-corrected chi connectivity index (χ4v) is 3.72. The highest BCUT2D eigenvalue weighted by Crippen LogP contribution is 2.22. The lowest BCUT2D eigenvalue weighted by Crippen LogP contribution is -2.23. The van der Waals surface area contributed by atoms with Crippen molar-refractivity contribution in [3.63, 3.8) is 0 Å². The van der Waals surface area contributed by atoms with Crippen molar-refractivity contribution < 1.29 is 8.85 Å². The predicted octanol–water partition coefficient (Wildman–Crippen LogP) is 2.78. The number of hydrogen-bond donors (Lipinski definition) is 0. The monoisotopic (exact) mass is 214 g/mol. The topological polar surface area (TPSA) is 18.5 Å². The van der Waals surface area contributed by atoms with E-state index in [4.69, 9.17) is 8.85 Å². The number of allylic oxidation sites excluding steroid dienone is 2. The van der Waals surface area contributed by atoms with E-state index in [-0.39, 0.29) is 0 Å². The van der Waals surface area contributed by atoms with Gasteiger partial charge in [-0.3, -0.25) is 0 Å².